The lowest BCUT2D eigenvalue weighted by Gasteiger charge is -2.24. The summed E-state index contributed by atoms with van der Waals surface area (Å²) in [5.74, 6) is 3.12. The van der Waals surface area contributed by atoms with Gasteiger partial charge in [0.2, 0.25) is 5.91 Å². The van der Waals surface area contributed by atoms with Crippen molar-refractivity contribution >= 4 is 17.7 Å². The van der Waals surface area contributed by atoms with Crippen molar-refractivity contribution in [1.82, 2.24) is 4.90 Å². The number of aliphatic hydroxyl groups excluding tert-OH is 1. The zero-order valence-corrected chi connectivity index (χ0v) is 10.4. The third-order valence-electron chi connectivity index (χ3n) is 2.77. The van der Waals surface area contributed by atoms with Crippen molar-refractivity contribution in [2.75, 3.05) is 25.1 Å². The molecule has 1 amide bonds. The van der Waals surface area contributed by atoms with Gasteiger partial charge in [-0.05, 0) is 37.2 Å². The van der Waals surface area contributed by atoms with E-state index in [9.17, 15) is 9.90 Å². The van der Waals surface area contributed by atoms with Gasteiger partial charge in [-0.15, -0.1) is 0 Å². The van der Waals surface area contributed by atoms with Gasteiger partial charge in [-0.1, -0.05) is 0 Å². The molecule has 1 rings (SSSR count). The number of rotatable bonds is 4. The van der Waals surface area contributed by atoms with E-state index in [4.69, 9.17) is 0 Å². The Labute approximate surface area is 96.2 Å². The molecule has 1 N–H and O–H groups in total. The first-order valence-electron chi connectivity index (χ1n) is 5.59. The van der Waals surface area contributed by atoms with E-state index in [1.807, 2.05) is 11.8 Å². The van der Waals surface area contributed by atoms with Crippen LogP contribution in [-0.2, 0) is 4.79 Å². The van der Waals surface area contributed by atoms with Gasteiger partial charge in [0.1, 0.15) is 0 Å². The maximum Gasteiger partial charge on any atom is 0.222 e. The molecule has 1 aliphatic rings. The lowest BCUT2D eigenvalue weighted by molar-refractivity contribution is -0.132. The highest BCUT2D eigenvalue weighted by atomic mass is 32.2. The van der Waals surface area contributed by atoms with E-state index < -0.39 is 6.10 Å². The van der Waals surface area contributed by atoms with Crippen LogP contribution in [0.25, 0.3) is 0 Å². The van der Waals surface area contributed by atoms with Crippen LogP contribution < -0.4 is 0 Å². The lowest BCUT2D eigenvalue weighted by atomic mass is 9.98. The SMILES string of the molecule is CC(O)CN(C)C(=O)CC1CCSCC1. The molecule has 1 fully saturated rings. The van der Waals surface area contributed by atoms with Crippen molar-refractivity contribution in [2.24, 2.45) is 5.92 Å². The fourth-order valence-electron chi connectivity index (χ4n) is 1.85. The predicted octanol–water partition coefficient (Wildman–Crippen LogP) is 1.36. The summed E-state index contributed by atoms with van der Waals surface area (Å²) in [5.41, 5.74) is 0. The van der Waals surface area contributed by atoms with Gasteiger partial charge in [0.05, 0.1) is 6.10 Å². The molecule has 0 radical (unpaired) electrons. The standard InChI is InChI=1S/C11H21NO2S/c1-9(13)8-12(2)11(14)7-10-3-5-15-6-4-10/h9-10,13H,3-8H2,1-2H3. The summed E-state index contributed by atoms with van der Waals surface area (Å²) in [6.45, 7) is 2.15. The average molecular weight is 231 g/mol. The number of likely N-dealkylation sites (N-methyl/N-ethyl adjacent to an activating group) is 1. The van der Waals surface area contributed by atoms with Crippen LogP contribution in [0.2, 0.25) is 0 Å². The van der Waals surface area contributed by atoms with Crippen molar-refractivity contribution in [2.45, 2.75) is 32.3 Å². The number of thioether (sulfide) groups is 1. The topological polar surface area (TPSA) is 40.5 Å². The summed E-state index contributed by atoms with van der Waals surface area (Å²) in [5, 5.41) is 9.18. The van der Waals surface area contributed by atoms with Crippen LogP contribution >= 0.6 is 11.8 Å². The summed E-state index contributed by atoms with van der Waals surface area (Å²) >= 11 is 1.98. The second kappa shape index (κ2) is 6.38. The van der Waals surface area contributed by atoms with E-state index in [1.54, 1.807) is 18.9 Å². The van der Waals surface area contributed by atoms with Crippen LogP contribution in [0.4, 0.5) is 0 Å². The number of carbonyl (C=O) groups is 1. The van der Waals surface area contributed by atoms with Crippen LogP contribution in [0.1, 0.15) is 26.2 Å². The van der Waals surface area contributed by atoms with Gasteiger partial charge in [-0.2, -0.15) is 11.8 Å². The zero-order valence-electron chi connectivity index (χ0n) is 9.61. The Balaban J connectivity index is 2.27. The maximum absolute atomic E-state index is 11.8. The van der Waals surface area contributed by atoms with Gasteiger partial charge < -0.3 is 10.0 Å². The van der Waals surface area contributed by atoms with E-state index in [0.29, 0.717) is 18.9 Å². The molecular formula is C11H21NO2S. The number of carbonyl (C=O) groups excluding carboxylic acids is 1. The minimum absolute atomic E-state index is 0.174. The third-order valence-corrected chi connectivity index (χ3v) is 3.82. The van der Waals surface area contributed by atoms with E-state index >= 15 is 0 Å². The maximum atomic E-state index is 11.8. The molecule has 4 heteroatoms. The van der Waals surface area contributed by atoms with Gasteiger partial charge in [-0.25, -0.2) is 0 Å². The molecule has 0 aromatic heterocycles. The summed E-state index contributed by atoms with van der Waals surface area (Å²) in [4.78, 5) is 13.4. The number of hydrogen-bond donors (Lipinski definition) is 1. The van der Waals surface area contributed by atoms with E-state index in [1.165, 1.54) is 24.3 Å². The highest BCUT2D eigenvalue weighted by molar-refractivity contribution is 7.99. The molecular weight excluding hydrogens is 210 g/mol. The molecule has 1 aliphatic heterocycles. The second-order valence-electron chi connectivity index (χ2n) is 4.38. The Hall–Kier alpha value is -0.220. The molecule has 15 heavy (non-hydrogen) atoms. The third kappa shape index (κ3) is 4.89. The number of hydrogen-bond acceptors (Lipinski definition) is 3. The Morgan fingerprint density at radius 3 is 2.67 bits per heavy atom. The summed E-state index contributed by atoms with van der Waals surface area (Å²) in [7, 11) is 1.77. The van der Waals surface area contributed by atoms with Crippen molar-refractivity contribution < 1.29 is 9.90 Å². The van der Waals surface area contributed by atoms with Crippen LogP contribution in [0.5, 0.6) is 0 Å². The van der Waals surface area contributed by atoms with Crippen molar-refractivity contribution in [3.8, 4) is 0 Å². The van der Waals surface area contributed by atoms with Gasteiger partial charge in [0, 0.05) is 20.0 Å². The van der Waals surface area contributed by atoms with Crippen molar-refractivity contribution in [3.63, 3.8) is 0 Å². The quantitative estimate of drug-likeness (QED) is 0.794. The summed E-state index contributed by atoms with van der Waals surface area (Å²) < 4.78 is 0. The second-order valence-corrected chi connectivity index (χ2v) is 5.61. The number of nitrogens with zero attached hydrogens (tertiary/aromatic N) is 1. The molecule has 1 heterocycles. The highest BCUT2D eigenvalue weighted by Crippen LogP contribution is 2.25. The molecule has 1 saturated heterocycles. The smallest absolute Gasteiger partial charge is 0.222 e. The van der Waals surface area contributed by atoms with E-state index in [2.05, 4.69) is 0 Å². The van der Waals surface area contributed by atoms with E-state index in [-0.39, 0.29) is 5.91 Å². The van der Waals surface area contributed by atoms with Crippen molar-refractivity contribution in [1.29, 1.82) is 0 Å². The molecule has 0 spiro atoms. The van der Waals surface area contributed by atoms with Gasteiger partial charge >= 0.3 is 0 Å². The van der Waals surface area contributed by atoms with Gasteiger partial charge in [0.25, 0.3) is 0 Å². The Morgan fingerprint density at radius 1 is 1.53 bits per heavy atom. The fraction of sp³-hybridized carbons (Fsp3) is 0.909. The molecule has 0 aromatic rings. The van der Waals surface area contributed by atoms with Crippen LogP contribution in [-0.4, -0.2) is 47.1 Å². The summed E-state index contributed by atoms with van der Waals surface area (Å²) in [6, 6.07) is 0. The first-order valence-corrected chi connectivity index (χ1v) is 6.75. The van der Waals surface area contributed by atoms with E-state index in [0.717, 1.165) is 0 Å². The van der Waals surface area contributed by atoms with Crippen LogP contribution in [0.15, 0.2) is 0 Å². The van der Waals surface area contributed by atoms with Crippen LogP contribution in [0, 0.1) is 5.92 Å². The number of amides is 1. The molecule has 0 bridgehead atoms. The minimum Gasteiger partial charge on any atom is -0.392 e. The largest absolute Gasteiger partial charge is 0.392 e. The first kappa shape index (κ1) is 12.8. The zero-order chi connectivity index (χ0) is 11.3. The van der Waals surface area contributed by atoms with Crippen molar-refractivity contribution in [3.05, 3.63) is 0 Å². The molecule has 1 unspecified atom stereocenters. The molecule has 88 valence electrons. The van der Waals surface area contributed by atoms with Gasteiger partial charge in [-0.3, -0.25) is 4.79 Å². The minimum atomic E-state index is -0.430. The Bertz CT molecular complexity index is 203. The molecule has 3 nitrogen and oxygen atoms in total. The highest BCUT2D eigenvalue weighted by Gasteiger charge is 2.19. The Morgan fingerprint density at radius 2 is 2.13 bits per heavy atom. The molecule has 0 aromatic carbocycles. The predicted molar refractivity (Wildman–Crippen MR) is 64.0 cm³/mol. The monoisotopic (exact) mass is 231 g/mol. The van der Waals surface area contributed by atoms with Gasteiger partial charge in [0.15, 0.2) is 0 Å². The first-order chi connectivity index (χ1) is 7.09. The van der Waals surface area contributed by atoms with Crippen LogP contribution in [0.3, 0.4) is 0 Å². The molecule has 1 atom stereocenters. The number of aliphatic hydroxyl groups is 1. The normalized spacial score (nSPS) is 19.9. The summed E-state index contributed by atoms with van der Waals surface area (Å²) in [6.07, 6.45) is 2.56. The lowest BCUT2D eigenvalue weighted by Crippen LogP contribution is -2.34. The fourth-order valence-corrected chi connectivity index (χ4v) is 3.06. The molecule has 0 saturated carbocycles. The Kier molecular flexibility index (Phi) is 5.47. The molecule has 0 aliphatic carbocycles. The average Bonchev–Trinajstić information content (AvgIpc) is 2.18.